The molecule has 1 aromatic heterocycles. The highest BCUT2D eigenvalue weighted by Gasteiger charge is 2.57. The van der Waals surface area contributed by atoms with Crippen LogP contribution < -0.4 is 5.32 Å². The van der Waals surface area contributed by atoms with Gasteiger partial charge in [0.15, 0.2) is 5.82 Å². The second-order valence-corrected chi connectivity index (χ2v) is 6.22. The van der Waals surface area contributed by atoms with E-state index in [4.69, 9.17) is 11.6 Å². The number of benzene rings is 1. The SMILES string of the molecule is Cn1c(C(=O)NC23CC(C2)C3)nc2c(Cl)cccc21. The van der Waals surface area contributed by atoms with Crippen molar-refractivity contribution in [3.8, 4) is 0 Å². The number of hydrogen-bond donors (Lipinski definition) is 1. The van der Waals surface area contributed by atoms with Gasteiger partial charge in [0.2, 0.25) is 0 Å². The minimum Gasteiger partial charge on any atom is -0.344 e. The van der Waals surface area contributed by atoms with Gasteiger partial charge in [-0.2, -0.15) is 0 Å². The Morgan fingerprint density at radius 3 is 2.79 bits per heavy atom. The highest BCUT2D eigenvalue weighted by molar-refractivity contribution is 6.35. The fourth-order valence-corrected chi connectivity index (χ4v) is 3.52. The summed E-state index contributed by atoms with van der Waals surface area (Å²) in [4.78, 5) is 16.7. The lowest BCUT2D eigenvalue weighted by Gasteiger charge is -2.61. The minimum absolute atomic E-state index is 0.0731. The van der Waals surface area contributed by atoms with E-state index in [1.54, 1.807) is 6.07 Å². The quantitative estimate of drug-likeness (QED) is 0.915. The van der Waals surface area contributed by atoms with Gasteiger partial charge >= 0.3 is 0 Å². The first kappa shape index (κ1) is 11.3. The number of aryl methyl sites for hydroxylation is 1. The molecular weight excluding hydrogens is 262 g/mol. The van der Waals surface area contributed by atoms with Crippen molar-refractivity contribution >= 4 is 28.5 Å². The Labute approximate surface area is 115 Å². The predicted molar refractivity (Wildman–Crippen MR) is 73.3 cm³/mol. The molecule has 19 heavy (non-hydrogen) atoms. The Hall–Kier alpha value is -1.55. The molecule has 0 unspecified atom stereocenters. The fourth-order valence-electron chi connectivity index (χ4n) is 3.31. The monoisotopic (exact) mass is 275 g/mol. The molecule has 2 bridgehead atoms. The Morgan fingerprint density at radius 1 is 1.47 bits per heavy atom. The Bertz CT molecular complexity index is 689. The summed E-state index contributed by atoms with van der Waals surface area (Å²) in [6.45, 7) is 0. The highest BCUT2D eigenvalue weighted by Crippen LogP contribution is 2.56. The van der Waals surface area contributed by atoms with Crippen molar-refractivity contribution in [1.82, 2.24) is 14.9 Å². The van der Waals surface area contributed by atoms with E-state index in [2.05, 4.69) is 10.3 Å². The number of carbonyl (C=O) groups is 1. The van der Waals surface area contributed by atoms with Gasteiger partial charge in [-0.05, 0) is 37.3 Å². The third-order valence-corrected chi connectivity index (χ3v) is 4.79. The molecule has 98 valence electrons. The zero-order valence-electron chi connectivity index (χ0n) is 10.6. The number of amides is 1. The van der Waals surface area contributed by atoms with E-state index in [-0.39, 0.29) is 11.4 Å². The average molecular weight is 276 g/mol. The molecule has 3 saturated carbocycles. The summed E-state index contributed by atoms with van der Waals surface area (Å²) >= 11 is 6.12. The molecule has 1 heterocycles. The van der Waals surface area contributed by atoms with Crippen molar-refractivity contribution in [1.29, 1.82) is 0 Å². The second-order valence-electron chi connectivity index (χ2n) is 5.81. The zero-order chi connectivity index (χ0) is 13.2. The van der Waals surface area contributed by atoms with Gasteiger partial charge in [0.1, 0.15) is 5.52 Å². The van der Waals surface area contributed by atoms with Crippen LogP contribution in [0.2, 0.25) is 5.02 Å². The lowest BCUT2D eigenvalue weighted by atomic mass is 9.50. The van der Waals surface area contributed by atoms with E-state index in [0.29, 0.717) is 16.4 Å². The van der Waals surface area contributed by atoms with Crippen molar-refractivity contribution in [3.63, 3.8) is 0 Å². The Kier molecular flexibility index (Phi) is 2.09. The molecule has 0 spiro atoms. The molecule has 2 aromatic rings. The number of nitrogens with zero attached hydrogens (tertiary/aromatic N) is 2. The first-order chi connectivity index (χ1) is 9.08. The number of aromatic nitrogens is 2. The van der Waals surface area contributed by atoms with Crippen LogP contribution in [0.4, 0.5) is 0 Å². The summed E-state index contributed by atoms with van der Waals surface area (Å²) in [5, 5.41) is 3.71. The lowest BCUT2D eigenvalue weighted by molar-refractivity contribution is -0.0441. The third kappa shape index (κ3) is 1.46. The molecule has 0 atom stereocenters. The van der Waals surface area contributed by atoms with Gasteiger partial charge in [0.05, 0.1) is 10.5 Å². The number of fused-ring (bicyclic) bond motifs is 1. The molecule has 5 heteroatoms. The topological polar surface area (TPSA) is 46.9 Å². The Morgan fingerprint density at radius 2 is 2.21 bits per heavy atom. The Balaban J connectivity index is 1.72. The largest absolute Gasteiger partial charge is 0.344 e. The van der Waals surface area contributed by atoms with Crippen LogP contribution in [0.25, 0.3) is 11.0 Å². The number of rotatable bonds is 2. The van der Waals surface area contributed by atoms with Crippen LogP contribution in [0.15, 0.2) is 18.2 Å². The maximum Gasteiger partial charge on any atom is 0.287 e. The number of imidazole rings is 1. The van der Waals surface area contributed by atoms with Gasteiger partial charge in [-0.15, -0.1) is 0 Å². The predicted octanol–water partition coefficient (Wildman–Crippen LogP) is 2.51. The smallest absolute Gasteiger partial charge is 0.287 e. The molecule has 3 fully saturated rings. The molecule has 0 saturated heterocycles. The van der Waals surface area contributed by atoms with Crippen molar-refractivity contribution in [2.24, 2.45) is 13.0 Å². The molecule has 3 aliphatic carbocycles. The fraction of sp³-hybridized carbons (Fsp3) is 0.429. The van der Waals surface area contributed by atoms with Crippen molar-refractivity contribution < 1.29 is 4.79 Å². The number of halogens is 1. The van der Waals surface area contributed by atoms with Crippen molar-refractivity contribution in [3.05, 3.63) is 29.0 Å². The molecule has 5 rings (SSSR count). The van der Waals surface area contributed by atoms with Gasteiger partial charge in [0.25, 0.3) is 5.91 Å². The van der Waals surface area contributed by atoms with Crippen LogP contribution in [-0.2, 0) is 7.05 Å². The van der Waals surface area contributed by atoms with Crippen LogP contribution >= 0.6 is 11.6 Å². The maximum atomic E-state index is 12.3. The summed E-state index contributed by atoms with van der Waals surface area (Å²) in [5.74, 6) is 1.19. The standard InChI is InChI=1S/C14H14ClN3O/c1-18-10-4-2-3-9(15)11(10)16-12(18)13(19)17-14-5-8(6-14)7-14/h2-4,8H,5-7H2,1H3,(H,17,19). The minimum atomic E-state index is -0.0899. The van der Waals surface area contributed by atoms with E-state index in [0.717, 1.165) is 30.7 Å². The summed E-state index contributed by atoms with van der Waals surface area (Å²) in [5.41, 5.74) is 1.65. The molecular formula is C14H14ClN3O. The van der Waals surface area contributed by atoms with E-state index in [9.17, 15) is 4.79 Å². The molecule has 0 radical (unpaired) electrons. The average Bonchev–Trinajstić information content (AvgIpc) is 2.62. The van der Waals surface area contributed by atoms with Crippen LogP contribution in [0.5, 0.6) is 0 Å². The molecule has 1 aromatic carbocycles. The summed E-state index contributed by atoms with van der Waals surface area (Å²) < 4.78 is 1.81. The van der Waals surface area contributed by atoms with Crippen LogP contribution in [0.3, 0.4) is 0 Å². The van der Waals surface area contributed by atoms with Gasteiger partial charge < -0.3 is 9.88 Å². The van der Waals surface area contributed by atoms with E-state index >= 15 is 0 Å². The summed E-state index contributed by atoms with van der Waals surface area (Å²) in [6, 6.07) is 5.58. The van der Waals surface area contributed by atoms with E-state index < -0.39 is 0 Å². The molecule has 1 amide bonds. The van der Waals surface area contributed by atoms with Crippen molar-refractivity contribution in [2.45, 2.75) is 24.8 Å². The van der Waals surface area contributed by atoms with Gasteiger partial charge in [0, 0.05) is 12.6 Å². The van der Waals surface area contributed by atoms with Crippen LogP contribution in [0.1, 0.15) is 29.9 Å². The first-order valence-electron chi connectivity index (χ1n) is 6.51. The lowest BCUT2D eigenvalue weighted by Crippen LogP contribution is -2.68. The number of para-hydroxylation sites is 1. The molecule has 1 N–H and O–H groups in total. The van der Waals surface area contributed by atoms with Crippen LogP contribution in [-0.4, -0.2) is 21.0 Å². The zero-order valence-corrected chi connectivity index (χ0v) is 11.4. The van der Waals surface area contributed by atoms with Gasteiger partial charge in [-0.25, -0.2) is 4.98 Å². The van der Waals surface area contributed by atoms with E-state index in [1.807, 2.05) is 23.7 Å². The normalized spacial score (nSPS) is 27.8. The summed E-state index contributed by atoms with van der Waals surface area (Å²) in [7, 11) is 1.85. The molecule has 3 aliphatic rings. The second kappa shape index (κ2) is 3.51. The van der Waals surface area contributed by atoms with Crippen LogP contribution in [0, 0.1) is 5.92 Å². The highest BCUT2D eigenvalue weighted by atomic mass is 35.5. The number of carbonyl (C=O) groups excluding carboxylic acids is 1. The number of nitrogens with one attached hydrogen (secondary N) is 1. The van der Waals surface area contributed by atoms with Gasteiger partial charge in [-0.3, -0.25) is 4.79 Å². The van der Waals surface area contributed by atoms with Gasteiger partial charge in [-0.1, -0.05) is 17.7 Å². The van der Waals surface area contributed by atoms with E-state index in [1.165, 1.54) is 0 Å². The summed E-state index contributed by atoms with van der Waals surface area (Å²) in [6.07, 6.45) is 3.39. The molecule has 0 aliphatic heterocycles. The third-order valence-electron chi connectivity index (χ3n) is 4.48. The number of hydrogen-bond acceptors (Lipinski definition) is 2. The van der Waals surface area contributed by atoms with Crippen molar-refractivity contribution in [2.75, 3.05) is 0 Å². The first-order valence-corrected chi connectivity index (χ1v) is 6.89. The maximum absolute atomic E-state index is 12.3. The molecule has 4 nitrogen and oxygen atoms in total.